The average molecular weight is 333 g/mol. The number of aromatic nitrogens is 2. The van der Waals surface area contributed by atoms with Gasteiger partial charge in [-0.1, -0.05) is 18.2 Å². The molecule has 1 saturated heterocycles. The molecule has 1 fully saturated rings. The summed E-state index contributed by atoms with van der Waals surface area (Å²) in [5.41, 5.74) is 1.31. The van der Waals surface area contributed by atoms with Crippen LogP contribution in [0.25, 0.3) is 11.4 Å². The number of carbonyl (C=O) groups is 1. The van der Waals surface area contributed by atoms with E-state index in [0.29, 0.717) is 30.8 Å². The lowest BCUT2D eigenvalue weighted by Crippen LogP contribution is -2.34. The van der Waals surface area contributed by atoms with Crippen LogP contribution in [0.4, 0.5) is 0 Å². The minimum Gasteiger partial charge on any atom is -0.352 e. The highest BCUT2D eigenvalue weighted by Gasteiger charge is 2.24. The quantitative estimate of drug-likeness (QED) is 0.889. The second-order valence-electron chi connectivity index (χ2n) is 5.79. The van der Waals surface area contributed by atoms with Gasteiger partial charge >= 0.3 is 0 Å². The number of nitrogens with one attached hydrogen (secondary N) is 2. The normalized spacial score (nSPS) is 17.7. The molecule has 2 N–H and O–H groups in total. The number of carbonyl (C=O) groups excluding carboxylic acids is 1. The molecule has 0 bridgehead atoms. The van der Waals surface area contributed by atoms with Gasteiger partial charge in [-0.05, 0) is 24.8 Å². The third-order valence-electron chi connectivity index (χ3n) is 4.15. The van der Waals surface area contributed by atoms with Crippen LogP contribution in [0.5, 0.6) is 0 Å². The van der Waals surface area contributed by atoms with Gasteiger partial charge in [0.1, 0.15) is 15.7 Å². The molecule has 0 unspecified atom stereocenters. The molecule has 2 heterocycles. The molecule has 0 saturated carbocycles. The molecule has 1 aliphatic heterocycles. The Morgan fingerprint density at radius 1 is 1.26 bits per heavy atom. The number of hydrogen-bond donors (Lipinski definition) is 2. The van der Waals surface area contributed by atoms with E-state index in [0.717, 1.165) is 5.56 Å². The van der Waals surface area contributed by atoms with Gasteiger partial charge in [-0.2, -0.15) is 0 Å². The number of benzene rings is 1. The van der Waals surface area contributed by atoms with Crippen LogP contribution < -0.4 is 5.32 Å². The van der Waals surface area contributed by atoms with Gasteiger partial charge in [0.15, 0.2) is 0 Å². The van der Waals surface area contributed by atoms with Crippen molar-refractivity contribution >= 4 is 15.7 Å². The summed E-state index contributed by atoms with van der Waals surface area (Å²) in [5.74, 6) is 1.15. The lowest BCUT2D eigenvalue weighted by Gasteiger charge is -2.22. The molecule has 1 aromatic carbocycles. The van der Waals surface area contributed by atoms with Gasteiger partial charge in [-0.25, -0.2) is 13.4 Å². The average Bonchev–Trinajstić information content (AvgIpc) is 3.08. The van der Waals surface area contributed by atoms with Crippen LogP contribution in [0, 0.1) is 5.92 Å². The molecule has 0 atom stereocenters. The van der Waals surface area contributed by atoms with Crippen molar-refractivity contribution in [3.8, 4) is 11.4 Å². The minimum absolute atomic E-state index is 0.162. The third-order valence-corrected chi connectivity index (χ3v) is 5.87. The van der Waals surface area contributed by atoms with E-state index in [1.807, 2.05) is 18.2 Å². The molecule has 122 valence electrons. The number of imidazole rings is 1. The number of rotatable bonds is 4. The fraction of sp³-hybridized carbons (Fsp3) is 0.375. The number of aromatic amines is 1. The zero-order chi connectivity index (χ0) is 16.3. The second-order valence-corrected chi connectivity index (χ2v) is 8.09. The lowest BCUT2D eigenvalue weighted by atomic mass is 10.0. The second kappa shape index (κ2) is 6.54. The molecule has 0 radical (unpaired) electrons. The summed E-state index contributed by atoms with van der Waals surface area (Å²) in [5, 5.41) is 2.92. The molecular formula is C16H19N3O3S. The SMILES string of the molecule is O=C(NCC1CCS(=O)(=O)CC1)c1ccccc1-c1ncc[nH]1. The molecule has 7 heteroatoms. The Labute approximate surface area is 135 Å². The number of sulfone groups is 1. The first-order chi connectivity index (χ1) is 11.1. The van der Waals surface area contributed by atoms with Crippen molar-refractivity contribution in [1.29, 1.82) is 0 Å². The topological polar surface area (TPSA) is 91.9 Å². The summed E-state index contributed by atoms with van der Waals surface area (Å²) in [7, 11) is -2.87. The zero-order valence-corrected chi connectivity index (χ0v) is 13.5. The van der Waals surface area contributed by atoms with Crippen molar-refractivity contribution in [2.75, 3.05) is 18.1 Å². The van der Waals surface area contributed by atoms with Crippen molar-refractivity contribution in [3.63, 3.8) is 0 Å². The van der Waals surface area contributed by atoms with Crippen molar-refractivity contribution in [1.82, 2.24) is 15.3 Å². The summed E-state index contributed by atoms with van der Waals surface area (Å²) in [6.45, 7) is 0.501. The number of amides is 1. The van der Waals surface area contributed by atoms with Gasteiger partial charge in [0.25, 0.3) is 5.91 Å². The van der Waals surface area contributed by atoms with E-state index in [-0.39, 0.29) is 23.3 Å². The molecule has 1 aliphatic rings. The maximum Gasteiger partial charge on any atom is 0.252 e. The Morgan fingerprint density at radius 2 is 2.00 bits per heavy atom. The molecule has 1 aromatic heterocycles. The van der Waals surface area contributed by atoms with Gasteiger partial charge in [-0.3, -0.25) is 4.79 Å². The highest BCUT2D eigenvalue weighted by molar-refractivity contribution is 7.91. The van der Waals surface area contributed by atoms with Gasteiger partial charge in [0.2, 0.25) is 0 Å². The smallest absolute Gasteiger partial charge is 0.252 e. The van der Waals surface area contributed by atoms with Crippen molar-refractivity contribution < 1.29 is 13.2 Å². The van der Waals surface area contributed by atoms with Gasteiger partial charge < -0.3 is 10.3 Å². The van der Waals surface area contributed by atoms with Crippen molar-refractivity contribution in [2.45, 2.75) is 12.8 Å². The Morgan fingerprint density at radius 3 is 2.70 bits per heavy atom. The number of hydrogen-bond acceptors (Lipinski definition) is 4. The summed E-state index contributed by atoms with van der Waals surface area (Å²) in [6.07, 6.45) is 4.59. The van der Waals surface area contributed by atoms with Gasteiger partial charge in [0.05, 0.1) is 17.1 Å². The van der Waals surface area contributed by atoms with E-state index in [1.165, 1.54) is 0 Å². The van der Waals surface area contributed by atoms with E-state index in [4.69, 9.17) is 0 Å². The van der Waals surface area contributed by atoms with E-state index in [2.05, 4.69) is 15.3 Å². The Hall–Kier alpha value is -2.15. The van der Waals surface area contributed by atoms with E-state index in [1.54, 1.807) is 18.5 Å². The predicted octanol–water partition coefficient (Wildman–Crippen LogP) is 1.63. The molecular weight excluding hydrogens is 314 g/mol. The van der Waals surface area contributed by atoms with Crippen LogP contribution in [-0.2, 0) is 9.84 Å². The lowest BCUT2D eigenvalue weighted by molar-refractivity contribution is 0.0947. The Bertz CT molecular complexity index is 771. The van der Waals surface area contributed by atoms with Crippen molar-refractivity contribution in [3.05, 3.63) is 42.2 Å². The summed E-state index contributed by atoms with van der Waals surface area (Å²) >= 11 is 0. The molecule has 23 heavy (non-hydrogen) atoms. The third kappa shape index (κ3) is 3.79. The monoisotopic (exact) mass is 333 g/mol. The minimum atomic E-state index is -2.87. The van der Waals surface area contributed by atoms with E-state index >= 15 is 0 Å². The molecule has 1 amide bonds. The number of H-pyrrole nitrogens is 1. The molecule has 6 nitrogen and oxygen atoms in total. The van der Waals surface area contributed by atoms with Crippen LogP contribution >= 0.6 is 0 Å². The predicted molar refractivity (Wildman–Crippen MR) is 87.7 cm³/mol. The largest absolute Gasteiger partial charge is 0.352 e. The fourth-order valence-electron chi connectivity index (χ4n) is 2.78. The first kappa shape index (κ1) is 15.7. The van der Waals surface area contributed by atoms with Gasteiger partial charge in [-0.15, -0.1) is 0 Å². The zero-order valence-electron chi connectivity index (χ0n) is 12.7. The molecule has 0 aliphatic carbocycles. The van der Waals surface area contributed by atoms with Gasteiger partial charge in [0, 0.05) is 24.5 Å². The maximum absolute atomic E-state index is 12.5. The number of nitrogens with zero attached hydrogens (tertiary/aromatic N) is 1. The Balaban J connectivity index is 1.66. The standard InChI is InChI=1S/C16H19N3O3S/c20-16(19-11-12-5-9-23(21,22)10-6-12)14-4-2-1-3-13(14)15-17-7-8-18-15/h1-4,7-8,12H,5-6,9-11H2,(H,17,18)(H,19,20). The molecule has 3 rings (SSSR count). The first-order valence-corrected chi connectivity index (χ1v) is 9.45. The van der Waals surface area contributed by atoms with Crippen molar-refractivity contribution in [2.24, 2.45) is 5.92 Å². The molecule has 0 spiro atoms. The first-order valence-electron chi connectivity index (χ1n) is 7.62. The highest BCUT2D eigenvalue weighted by Crippen LogP contribution is 2.21. The maximum atomic E-state index is 12.5. The van der Waals surface area contributed by atoms with Crippen LogP contribution in [0.3, 0.4) is 0 Å². The summed E-state index contributed by atoms with van der Waals surface area (Å²) in [4.78, 5) is 19.7. The Kier molecular flexibility index (Phi) is 4.47. The summed E-state index contributed by atoms with van der Waals surface area (Å²) in [6, 6.07) is 7.29. The van der Waals surface area contributed by atoms with Crippen LogP contribution in [0.2, 0.25) is 0 Å². The van der Waals surface area contributed by atoms with Crippen LogP contribution in [-0.4, -0.2) is 42.3 Å². The van der Waals surface area contributed by atoms with E-state index < -0.39 is 9.84 Å². The van der Waals surface area contributed by atoms with E-state index in [9.17, 15) is 13.2 Å². The fourth-order valence-corrected chi connectivity index (χ4v) is 4.36. The van der Waals surface area contributed by atoms with Crippen LogP contribution in [0.15, 0.2) is 36.7 Å². The molecule has 2 aromatic rings. The van der Waals surface area contributed by atoms with Crippen LogP contribution in [0.1, 0.15) is 23.2 Å². The highest BCUT2D eigenvalue weighted by atomic mass is 32.2. The summed E-state index contributed by atoms with van der Waals surface area (Å²) < 4.78 is 22.9.